The molecule has 1 aliphatic rings. The van der Waals surface area contributed by atoms with E-state index in [2.05, 4.69) is 5.32 Å². The number of carbonyl (C=O) groups is 2. The van der Waals surface area contributed by atoms with Crippen LogP contribution >= 0.6 is 0 Å². The van der Waals surface area contributed by atoms with Crippen LogP contribution in [0.4, 0.5) is 5.95 Å². The lowest BCUT2D eigenvalue weighted by Crippen LogP contribution is -2.45. The lowest BCUT2D eigenvalue weighted by molar-refractivity contribution is -0.146. The van der Waals surface area contributed by atoms with Crippen molar-refractivity contribution in [3.8, 4) is 28.4 Å². The Morgan fingerprint density at radius 3 is 2.30 bits per heavy atom. The fourth-order valence-corrected chi connectivity index (χ4v) is 5.04. The maximum Gasteiger partial charge on any atom is 0.257 e. The van der Waals surface area contributed by atoms with Crippen molar-refractivity contribution in [3.05, 3.63) is 90.6 Å². The van der Waals surface area contributed by atoms with Gasteiger partial charge < -0.3 is 19.1 Å². The summed E-state index contributed by atoms with van der Waals surface area (Å²) in [6.45, 7) is 0.451. The summed E-state index contributed by atoms with van der Waals surface area (Å²) in [5, 5.41) is 3.00. The van der Waals surface area contributed by atoms with Crippen molar-refractivity contribution in [1.82, 2.24) is 14.5 Å². The van der Waals surface area contributed by atoms with Gasteiger partial charge in [-0.1, -0.05) is 54.6 Å². The summed E-state index contributed by atoms with van der Waals surface area (Å²) in [6.07, 6.45) is 2.24. The van der Waals surface area contributed by atoms with Crippen LogP contribution in [0, 0.1) is 0 Å². The van der Waals surface area contributed by atoms with Gasteiger partial charge in [0.25, 0.3) is 5.91 Å². The van der Waals surface area contributed by atoms with E-state index in [1.807, 2.05) is 71.4 Å². The Morgan fingerprint density at radius 1 is 0.925 bits per heavy atom. The molecule has 1 fully saturated rings. The Labute approximate surface area is 233 Å². The number of methoxy groups -OCH3 is 3. The van der Waals surface area contributed by atoms with E-state index in [0.717, 1.165) is 16.9 Å². The average Bonchev–Trinajstić information content (AvgIpc) is 3.66. The fourth-order valence-electron chi connectivity index (χ4n) is 5.04. The van der Waals surface area contributed by atoms with Crippen molar-refractivity contribution >= 4 is 17.8 Å². The average molecular weight is 541 g/mol. The molecule has 1 aromatic heterocycles. The number of likely N-dealkylation sites (tertiary alicyclic amines) is 1. The number of aromatic nitrogens is 2. The molecule has 1 N–H and O–H groups in total. The zero-order valence-corrected chi connectivity index (χ0v) is 22.7. The zero-order chi connectivity index (χ0) is 28.1. The van der Waals surface area contributed by atoms with Gasteiger partial charge in [-0.05, 0) is 42.7 Å². The van der Waals surface area contributed by atoms with Crippen molar-refractivity contribution in [2.45, 2.75) is 25.0 Å². The van der Waals surface area contributed by atoms with Crippen LogP contribution in [0.25, 0.3) is 16.9 Å². The Morgan fingerprint density at radius 2 is 1.62 bits per heavy atom. The SMILES string of the molecule is COc1ccc(C(OC)C(=O)N2CCC[C@@H]2C(=O)Nc2nc(-c3ccccc3)cn2-c2ccccc2)cc1OC. The second-order valence-corrected chi connectivity index (χ2v) is 9.43. The highest BCUT2D eigenvalue weighted by Crippen LogP contribution is 2.33. The van der Waals surface area contributed by atoms with Gasteiger partial charge in [0.1, 0.15) is 6.04 Å². The molecule has 2 heterocycles. The Hall–Kier alpha value is -4.63. The van der Waals surface area contributed by atoms with Crippen LogP contribution in [0.3, 0.4) is 0 Å². The molecule has 40 heavy (non-hydrogen) atoms. The molecule has 9 nitrogen and oxygen atoms in total. The maximum atomic E-state index is 13.7. The van der Waals surface area contributed by atoms with E-state index in [-0.39, 0.29) is 11.8 Å². The van der Waals surface area contributed by atoms with E-state index in [0.29, 0.717) is 42.4 Å². The summed E-state index contributed by atoms with van der Waals surface area (Å²) in [6, 6.07) is 24.0. The highest BCUT2D eigenvalue weighted by atomic mass is 16.5. The highest BCUT2D eigenvalue weighted by Gasteiger charge is 2.38. The Bertz CT molecular complexity index is 1470. The molecular formula is C31H32N4O5. The summed E-state index contributed by atoms with van der Waals surface area (Å²) in [5.74, 6) is 0.847. The molecule has 0 aliphatic carbocycles. The van der Waals surface area contributed by atoms with Gasteiger partial charge in [-0.2, -0.15) is 0 Å². The lowest BCUT2D eigenvalue weighted by atomic mass is 10.1. The zero-order valence-electron chi connectivity index (χ0n) is 22.7. The van der Waals surface area contributed by atoms with Crippen LogP contribution in [0.1, 0.15) is 24.5 Å². The number of carbonyl (C=O) groups excluding carboxylic acids is 2. The first kappa shape index (κ1) is 27.0. The molecule has 2 amide bonds. The van der Waals surface area contributed by atoms with Gasteiger partial charge >= 0.3 is 0 Å². The minimum atomic E-state index is -0.899. The van der Waals surface area contributed by atoms with Gasteiger partial charge in [0.2, 0.25) is 11.9 Å². The van der Waals surface area contributed by atoms with E-state index in [1.54, 1.807) is 30.2 Å². The predicted octanol–water partition coefficient (Wildman–Crippen LogP) is 4.87. The van der Waals surface area contributed by atoms with Crippen molar-refractivity contribution in [3.63, 3.8) is 0 Å². The summed E-state index contributed by atoms with van der Waals surface area (Å²) in [4.78, 5) is 33.7. The van der Waals surface area contributed by atoms with Crippen molar-refractivity contribution < 1.29 is 23.8 Å². The third-order valence-corrected chi connectivity index (χ3v) is 7.05. The standard InChI is InChI=1S/C31H32N4O5/c1-38-26-17-16-22(19-27(26)39-2)28(40-3)30(37)34-18-10-15-25(34)29(36)33-31-32-24(21-11-6-4-7-12-21)20-35(31)23-13-8-5-9-14-23/h4-9,11-14,16-17,19-20,25,28H,10,15,18H2,1-3H3,(H,32,33,36)/t25-,28?/m1/s1. The molecule has 9 heteroatoms. The minimum absolute atomic E-state index is 0.288. The smallest absolute Gasteiger partial charge is 0.257 e. The number of rotatable bonds is 9. The highest BCUT2D eigenvalue weighted by molar-refractivity contribution is 5.97. The quantitative estimate of drug-likeness (QED) is 0.325. The first-order valence-electron chi connectivity index (χ1n) is 13.1. The summed E-state index contributed by atoms with van der Waals surface area (Å²) < 4.78 is 18.2. The largest absolute Gasteiger partial charge is 0.493 e. The van der Waals surface area contributed by atoms with Gasteiger partial charge in [-0.25, -0.2) is 4.98 Å². The first-order valence-corrected chi connectivity index (χ1v) is 13.1. The monoisotopic (exact) mass is 540 g/mol. The van der Waals surface area contributed by atoms with Crippen LogP contribution in [-0.2, 0) is 14.3 Å². The van der Waals surface area contributed by atoms with Gasteiger partial charge in [-0.3, -0.25) is 19.5 Å². The molecule has 3 aromatic carbocycles. The molecule has 1 saturated heterocycles. The molecule has 0 saturated carbocycles. The number of hydrogen-bond donors (Lipinski definition) is 1. The topological polar surface area (TPSA) is 94.9 Å². The molecule has 0 radical (unpaired) electrons. The fraction of sp³-hybridized carbons (Fsp3) is 0.258. The maximum absolute atomic E-state index is 13.7. The normalized spacial score (nSPS) is 15.5. The number of hydrogen-bond acceptors (Lipinski definition) is 6. The van der Waals surface area contributed by atoms with Crippen LogP contribution in [0.15, 0.2) is 85.1 Å². The second kappa shape index (κ2) is 12.0. The van der Waals surface area contributed by atoms with E-state index in [1.165, 1.54) is 14.2 Å². The number of nitrogens with zero attached hydrogens (tertiary/aromatic N) is 3. The predicted molar refractivity (Wildman–Crippen MR) is 152 cm³/mol. The number of amides is 2. The molecule has 4 aromatic rings. The van der Waals surface area contributed by atoms with E-state index in [9.17, 15) is 9.59 Å². The van der Waals surface area contributed by atoms with Crippen LogP contribution < -0.4 is 14.8 Å². The van der Waals surface area contributed by atoms with Crippen molar-refractivity contribution in [1.29, 1.82) is 0 Å². The number of imidazole rings is 1. The molecule has 1 unspecified atom stereocenters. The molecular weight excluding hydrogens is 508 g/mol. The van der Waals surface area contributed by atoms with Crippen molar-refractivity contribution in [2.24, 2.45) is 0 Å². The molecule has 1 aliphatic heterocycles. The summed E-state index contributed by atoms with van der Waals surface area (Å²) >= 11 is 0. The number of anilines is 1. The third kappa shape index (κ3) is 5.41. The van der Waals surface area contributed by atoms with Gasteiger partial charge in [0, 0.05) is 31.1 Å². The Kier molecular flexibility index (Phi) is 8.12. The second-order valence-electron chi connectivity index (χ2n) is 9.43. The molecule has 206 valence electrons. The van der Waals surface area contributed by atoms with Gasteiger partial charge in [0.05, 0.1) is 19.9 Å². The van der Waals surface area contributed by atoms with E-state index in [4.69, 9.17) is 19.2 Å². The number of para-hydroxylation sites is 1. The molecule has 0 spiro atoms. The van der Waals surface area contributed by atoms with Gasteiger partial charge in [-0.15, -0.1) is 0 Å². The van der Waals surface area contributed by atoms with Crippen LogP contribution in [0.2, 0.25) is 0 Å². The Balaban J connectivity index is 1.40. The summed E-state index contributed by atoms with van der Waals surface area (Å²) in [7, 11) is 4.57. The number of ether oxygens (including phenoxy) is 3. The van der Waals surface area contributed by atoms with E-state index >= 15 is 0 Å². The molecule has 2 atom stereocenters. The molecule has 0 bridgehead atoms. The van der Waals surface area contributed by atoms with Crippen LogP contribution in [-0.4, -0.2) is 60.2 Å². The first-order chi connectivity index (χ1) is 19.5. The van der Waals surface area contributed by atoms with Crippen molar-refractivity contribution in [2.75, 3.05) is 33.2 Å². The third-order valence-electron chi connectivity index (χ3n) is 7.05. The number of nitrogens with one attached hydrogen (secondary N) is 1. The number of benzene rings is 3. The van der Waals surface area contributed by atoms with Gasteiger partial charge in [0.15, 0.2) is 17.6 Å². The minimum Gasteiger partial charge on any atom is -0.493 e. The molecule has 5 rings (SSSR count). The van der Waals surface area contributed by atoms with E-state index < -0.39 is 12.1 Å². The lowest BCUT2D eigenvalue weighted by Gasteiger charge is -2.28. The summed E-state index contributed by atoms with van der Waals surface area (Å²) in [5.41, 5.74) is 3.14. The van der Waals surface area contributed by atoms with Crippen LogP contribution in [0.5, 0.6) is 11.5 Å².